The fourth-order valence-corrected chi connectivity index (χ4v) is 2.70. The third-order valence-corrected chi connectivity index (χ3v) is 3.92. The number of nitrogens with zero attached hydrogens (tertiary/aromatic N) is 1. The fraction of sp³-hybridized carbons (Fsp3) is 0.333. The molecule has 0 aliphatic heterocycles. The Labute approximate surface area is 136 Å². The second-order valence-corrected chi connectivity index (χ2v) is 5.33. The number of carbonyl (C=O) groups is 1. The molecule has 0 saturated heterocycles. The molecule has 0 fully saturated rings. The van der Waals surface area contributed by atoms with Crippen LogP contribution < -0.4 is 10.1 Å². The highest BCUT2D eigenvalue weighted by molar-refractivity contribution is 5.64. The van der Waals surface area contributed by atoms with Crippen molar-refractivity contribution < 1.29 is 14.6 Å². The van der Waals surface area contributed by atoms with Crippen molar-refractivity contribution in [2.45, 2.75) is 26.2 Å². The van der Waals surface area contributed by atoms with Gasteiger partial charge in [0.15, 0.2) is 0 Å². The van der Waals surface area contributed by atoms with Gasteiger partial charge in [-0.25, -0.2) is 9.78 Å². The van der Waals surface area contributed by atoms with Crippen LogP contribution >= 0.6 is 0 Å². The zero-order chi connectivity index (χ0) is 16.8. The lowest BCUT2D eigenvalue weighted by Crippen LogP contribution is -2.27. The molecule has 0 radical (unpaired) electrons. The van der Waals surface area contributed by atoms with Crippen molar-refractivity contribution in [2.75, 3.05) is 13.7 Å². The van der Waals surface area contributed by atoms with E-state index in [2.05, 4.69) is 23.3 Å². The predicted molar refractivity (Wildman–Crippen MR) is 89.2 cm³/mol. The molecule has 0 bridgehead atoms. The maximum atomic E-state index is 10.9. The van der Waals surface area contributed by atoms with Gasteiger partial charge in [0.1, 0.15) is 0 Å². The molecule has 122 valence electrons. The number of nitrogens with one attached hydrogen (secondary N) is 1. The number of carboxylic acid groups (broad SMARTS) is 1. The summed E-state index contributed by atoms with van der Waals surface area (Å²) in [7, 11) is 1.59. The molecule has 5 heteroatoms. The van der Waals surface area contributed by atoms with Crippen molar-refractivity contribution in [1.29, 1.82) is 0 Å². The SMILES string of the molecule is CCc1cc(C(CNC(=O)O)c2ccccc2)c(OC)nc1C. The largest absolute Gasteiger partial charge is 0.481 e. The van der Waals surface area contributed by atoms with E-state index in [0.29, 0.717) is 5.88 Å². The number of pyridine rings is 1. The molecule has 1 atom stereocenters. The number of hydrogen-bond acceptors (Lipinski definition) is 3. The number of rotatable bonds is 6. The van der Waals surface area contributed by atoms with Crippen LogP contribution in [0.5, 0.6) is 5.88 Å². The van der Waals surface area contributed by atoms with Gasteiger partial charge in [-0.1, -0.05) is 37.3 Å². The average molecular weight is 314 g/mol. The van der Waals surface area contributed by atoms with E-state index in [-0.39, 0.29) is 12.5 Å². The van der Waals surface area contributed by atoms with Gasteiger partial charge in [-0.3, -0.25) is 0 Å². The van der Waals surface area contributed by atoms with E-state index in [1.165, 1.54) is 0 Å². The number of aromatic nitrogens is 1. The first-order chi connectivity index (χ1) is 11.1. The molecule has 0 saturated carbocycles. The van der Waals surface area contributed by atoms with Gasteiger partial charge in [0.2, 0.25) is 5.88 Å². The molecule has 2 N–H and O–H groups in total. The van der Waals surface area contributed by atoms with Crippen LogP contribution in [0.3, 0.4) is 0 Å². The molecule has 23 heavy (non-hydrogen) atoms. The molecule has 0 spiro atoms. The van der Waals surface area contributed by atoms with Crippen molar-refractivity contribution in [3.05, 3.63) is 58.8 Å². The highest BCUT2D eigenvalue weighted by Crippen LogP contribution is 2.32. The molecular weight excluding hydrogens is 292 g/mol. The highest BCUT2D eigenvalue weighted by atomic mass is 16.5. The van der Waals surface area contributed by atoms with Crippen molar-refractivity contribution in [1.82, 2.24) is 10.3 Å². The first kappa shape index (κ1) is 16.8. The molecule has 1 unspecified atom stereocenters. The van der Waals surface area contributed by atoms with Crippen molar-refractivity contribution in [3.8, 4) is 5.88 Å². The number of methoxy groups -OCH3 is 1. The van der Waals surface area contributed by atoms with Gasteiger partial charge in [-0.15, -0.1) is 0 Å². The zero-order valence-electron chi connectivity index (χ0n) is 13.7. The standard InChI is InChI=1S/C18H22N2O3/c1-4-13-10-15(17(23-3)20-12(13)2)16(11-19-18(21)22)14-8-6-5-7-9-14/h5-10,16,19H,4,11H2,1-3H3,(H,21,22). The van der Waals surface area contributed by atoms with E-state index in [1.807, 2.05) is 37.3 Å². The number of ether oxygens (including phenoxy) is 1. The van der Waals surface area contributed by atoms with Gasteiger partial charge in [0, 0.05) is 23.7 Å². The molecule has 0 aliphatic carbocycles. The molecule has 0 aliphatic rings. The van der Waals surface area contributed by atoms with Gasteiger partial charge in [0.05, 0.1) is 7.11 Å². The molecule has 1 heterocycles. The number of hydrogen-bond donors (Lipinski definition) is 2. The summed E-state index contributed by atoms with van der Waals surface area (Å²) in [5.41, 5.74) is 3.99. The summed E-state index contributed by atoms with van der Waals surface area (Å²) in [6.45, 7) is 4.30. The Kier molecular flexibility index (Phi) is 5.57. The quantitative estimate of drug-likeness (QED) is 0.857. The maximum Gasteiger partial charge on any atom is 0.404 e. The number of benzene rings is 1. The molecule has 2 aromatic rings. The first-order valence-corrected chi connectivity index (χ1v) is 7.63. The van der Waals surface area contributed by atoms with Gasteiger partial charge >= 0.3 is 6.09 Å². The van der Waals surface area contributed by atoms with E-state index >= 15 is 0 Å². The summed E-state index contributed by atoms with van der Waals surface area (Å²) < 4.78 is 5.45. The monoisotopic (exact) mass is 314 g/mol. The minimum atomic E-state index is -1.04. The minimum Gasteiger partial charge on any atom is -0.481 e. The normalized spacial score (nSPS) is 11.8. The summed E-state index contributed by atoms with van der Waals surface area (Å²) in [5.74, 6) is 0.390. The molecule has 1 aromatic carbocycles. The Bertz CT molecular complexity index is 671. The Hall–Kier alpha value is -2.56. The second-order valence-electron chi connectivity index (χ2n) is 5.33. The summed E-state index contributed by atoms with van der Waals surface area (Å²) in [6, 6.07) is 11.9. The summed E-state index contributed by atoms with van der Waals surface area (Å²) >= 11 is 0. The van der Waals surface area contributed by atoms with Crippen LogP contribution in [0.15, 0.2) is 36.4 Å². The topological polar surface area (TPSA) is 71.5 Å². The average Bonchev–Trinajstić information content (AvgIpc) is 2.56. The van der Waals surface area contributed by atoms with Gasteiger partial charge < -0.3 is 15.2 Å². The minimum absolute atomic E-state index is 0.152. The van der Waals surface area contributed by atoms with Crippen LogP contribution in [0.2, 0.25) is 0 Å². The smallest absolute Gasteiger partial charge is 0.404 e. The third kappa shape index (κ3) is 4.00. The third-order valence-electron chi connectivity index (χ3n) is 3.92. The van der Waals surface area contributed by atoms with Crippen LogP contribution in [-0.4, -0.2) is 29.8 Å². The Morgan fingerprint density at radius 2 is 2.04 bits per heavy atom. The van der Waals surface area contributed by atoms with Crippen LogP contribution in [0.25, 0.3) is 0 Å². The summed E-state index contributed by atoms with van der Waals surface area (Å²) in [4.78, 5) is 15.5. The predicted octanol–water partition coefficient (Wildman–Crippen LogP) is 3.36. The molecule has 5 nitrogen and oxygen atoms in total. The molecule has 1 aromatic heterocycles. The lowest BCUT2D eigenvalue weighted by atomic mass is 9.90. The molecule has 1 amide bonds. The van der Waals surface area contributed by atoms with Crippen LogP contribution in [0, 0.1) is 6.92 Å². The van der Waals surface area contributed by atoms with E-state index in [4.69, 9.17) is 9.84 Å². The zero-order valence-corrected chi connectivity index (χ0v) is 13.7. The van der Waals surface area contributed by atoms with E-state index in [0.717, 1.165) is 28.8 Å². The van der Waals surface area contributed by atoms with Crippen LogP contribution in [-0.2, 0) is 6.42 Å². The fourth-order valence-electron chi connectivity index (χ4n) is 2.70. The van der Waals surface area contributed by atoms with Crippen LogP contribution in [0.4, 0.5) is 4.79 Å². The van der Waals surface area contributed by atoms with Crippen molar-refractivity contribution in [3.63, 3.8) is 0 Å². The molecular formula is C18H22N2O3. The molecule has 2 rings (SSSR count). The van der Waals surface area contributed by atoms with E-state index in [1.54, 1.807) is 7.11 Å². The Morgan fingerprint density at radius 1 is 1.35 bits per heavy atom. The summed E-state index contributed by atoms with van der Waals surface area (Å²) in [6.07, 6.45) is -0.176. The van der Waals surface area contributed by atoms with Gasteiger partial charge in [-0.2, -0.15) is 0 Å². The lowest BCUT2D eigenvalue weighted by Gasteiger charge is -2.21. The van der Waals surface area contributed by atoms with Gasteiger partial charge in [-0.05, 0) is 30.5 Å². The van der Waals surface area contributed by atoms with Crippen molar-refractivity contribution in [2.24, 2.45) is 0 Å². The first-order valence-electron chi connectivity index (χ1n) is 7.63. The van der Waals surface area contributed by atoms with Crippen LogP contribution in [0.1, 0.15) is 35.2 Å². The summed E-state index contributed by atoms with van der Waals surface area (Å²) in [5, 5.41) is 11.4. The highest BCUT2D eigenvalue weighted by Gasteiger charge is 2.21. The van der Waals surface area contributed by atoms with E-state index < -0.39 is 6.09 Å². The Morgan fingerprint density at radius 3 is 2.61 bits per heavy atom. The van der Waals surface area contributed by atoms with E-state index in [9.17, 15) is 4.79 Å². The van der Waals surface area contributed by atoms with Crippen molar-refractivity contribution >= 4 is 6.09 Å². The Balaban J connectivity index is 2.51. The number of amides is 1. The lowest BCUT2D eigenvalue weighted by molar-refractivity contribution is 0.194. The number of aryl methyl sites for hydroxylation is 2. The second kappa shape index (κ2) is 7.63. The van der Waals surface area contributed by atoms with Gasteiger partial charge in [0.25, 0.3) is 0 Å². The maximum absolute atomic E-state index is 10.9.